The third-order valence-electron chi connectivity index (χ3n) is 3.92. The molecule has 1 aromatic carbocycles. The third-order valence-corrected chi connectivity index (χ3v) is 3.92. The van der Waals surface area contributed by atoms with E-state index >= 15 is 0 Å². The maximum absolute atomic E-state index is 13.3. The maximum atomic E-state index is 13.3. The van der Waals surface area contributed by atoms with Crippen molar-refractivity contribution in [2.75, 3.05) is 26.0 Å². The third kappa shape index (κ3) is 3.32. The smallest absolute Gasteiger partial charge is 0.125 e. The highest BCUT2D eigenvalue weighted by Crippen LogP contribution is 2.24. The van der Waals surface area contributed by atoms with Crippen molar-refractivity contribution in [2.45, 2.75) is 6.04 Å². The van der Waals surface area contributed by atoms with E-state index in [0.717, 1.165) is 23.2 Å². The number of pyridine rings is 1. The number of halogens is 1. The zero-order chi connectivity index (χ0) is 16.4. The van der Waals surface area contributed by atoms with Gasteiger partial charge in [-0.1, -0.05) is 0 Å². The summed E-state index contributed by atoms with van der Waals surface area (Å²) >= 11 is 0. The average Bonchev–Trinajstić information content (AvgIpc) is 2.93. The van der Waals surface area contributed by atoms with Crippen molar-refractivity contribution >= 4 is 16.6 Å². The summed E-state index contributed by atoms with van der Waals surface area (Å²) in [5.41, 5.74) is 2.75. The molecule has 3 rings (SSSR count). The van der Waals surface area contributed by atoms with Gasteiger partial charge in [0.05, 0.1) is 17.8 Å². The van der Waals surface area contributed by atoms with Crippen LogP contribution >= 0.6 is 0 Å². The van der Waals surface area contributed by atoms with Crippen molar-refractivity contribution in [3.8, 4) is 0 Å². The molecule has 0 saturated heterocycles. The van der Waals surface area contributed by atoms with Crippen LogP contribution in [0.3, 0.4) is 0 Å². The number of nitrogens with one attached hydrogen (secondary N) is 1. The molecule has 0 aliphatic heterocycles. The predicted molar refractivity (Wildman–Crippen MR) is 89.8 cm³/mol. The molecule has 6 heteroatoms. The molecule has 1 N–H and O–H groups in total. The summed E-state index contributed by atoms with van der Waals surface area (Å²) in [5, 5.41) is 8.61. The predicted octanol–water partition coefficient (Wildman–Crippen LogP) is 2.82. The summed E-state index contributed by atoms with van der Waals surface area (Å²) in [5.74, 6) is -0.274. The molecule has 2 aromatic heterocycles. The number of hydrogen-bond donors (Lipinski definition) is 1. The summed E-state index contributed by atoms with van der Waals surface area (Å²) in [6, 6.07) is 6.77. The second-order valence-electron chi connectivity index (χ2n) is 5.83. The Bertz CT molecular complexity index is 812. The first-order valence-corrected chi connectivity index (χ1v) is 7.47. The number of likely N-dealkylation sites (N-methyl/N-ethyl adjacent to an activating group) is 1. The van der Waals surface area contributed by atoms with Crippen LogP contribution < -0.4 is 5.32 Å². The van der Waals surface area contributed by atoms with E-state index in [1.165, 1.54) is 12.1 Å². The minimum Gasteiger partial charge on any atom is -0.383 e. The molecule has 0 amide bonds. The maximum Gasteiger partial charge on any atom is 0.125 e. The van der Waals surface area contributed by atoms with Crippen LogP contribution in [0.5, 0.6) is 0 Å². The minimum atomic E-state index is -0.274. The lowest BCUT2D eigenvalue weighted by Crippen LogP contribution is -2.26. The summed E-state index contributed by atoms with van der Waals surface area (Å²) in [7, 11) is 5.99. The Morgan fingerprint density at radius 3 is 2.83 bits per heavy atom. The van der Waals surface area contributed by atoms with Crippen molar-refractivity contribution in [1.82, 2.24) is 19.7 Å². The molecule has 1 unspecified atom stereocenters. The fraction of sp³-hybridized carbons (Fsp3) is 0.294. The van der Waals surface area contributed by atoms with Gasteiger partial charge in [0.1, 0.15) is 5.82 Å². The number of anilines is 1. The molecule has 3 aromatic rings. The lowest BCUT2D eigenvalue weighted by molar-refractivity contribution is 0.312. The topological polar surface area (TPSA) is 46.0 Å². The van der Waals surface area contributed by atoms with Gasteiger partial charge in [0.2, 0.25) is 0 Å². The molecule has 0 saturated carbocycles. The van der Waals surface area contributed by atoms with Crippen molar-refractivity contribution in [3.63, 3.8) is 0 Å². The van der Waals surface area contributed by atoms with E-state index in [4.69, 9.17) is 0 Å². The highest BCUT2D eigenvalue weighted by Gasteiger charge is 2.16. The van der Waals surface area contributed by atoms with Gasteiger partial charge in [-0.05, 0) is 32.3 Å². The van der Waals surface area contributed by atoms with Crippen LogP contribution in [0.4, 0.5) is 10.1 Å². The lowest BCUT2D eigenvalue weighted by Gasteiger charge is -2.24. The van der Waals surface area contributed by atoms with Crippen LogP contribution in [0.25, 0.3) is 10.9 Å². The largest absolute Gasteiger partial charge is 0.383 e. The van der Waals surface area contributed by atoms with Gasteiger partial charge in [-0.2, -0.15) is 5.10 Å². The van der Waals surface area contributed by atoms with E-state index in [0.29, 0.717) is 5.52 Å². The molecule has 2 heterocycles. The first kappa shape index (κ1) is 15.4. The molecule has 23 heavy (non-hydrogen) atoms. The first-order valence-electron chi connectivity index (χ1n) is 7.47. The highest BCUT2D eigenvalue weighted by atomic mass is 19.1. The van der Waals surface area contributed by atoms with E-state index in [2.05, 4.69) is 20.3 Å². The van der Waals surface area contributed by atoms with Crippen LogP contribution in [0, 0.1) is 5.82 Å². The van der Waals surface area contributed by atoms with Gasteiger partial charge in [0.15, 0.2) is 0 Å². The van der Waals surface area contributed by atoms with Gasteiger partial charge in [0, 0.05) is 48.7 Å². The molecule has 0 spiro atoms. The molecule has 0 aliphatic carbocycles. The fourth-order valence-electron chi connectivity index (χ4n) is 2.69. The van der Waals surface area contributed by atoms with Crippen LogP contribution in [0.15, 0.2) is 42.9 Å². The number of hydrogen-bond acceptors (Lipinski definition) is 4. The lowest BCUT2D eigenvalue weighted by atomic mass is 10.1. The zero-order valence-electron chi connectivity index (χ0n) is 13.5. The van der Waals surface area contributed by atoms with E-state index in [9.17, 15) is 4.39 Å². The summed E-state index contributed by atoms with van der Waals surface area (Å²) in [4.78, 5) is 6.37. The Balaban J connectivity index is 1.84. The first-order chi connectivity index (χ1) is 11.0. The normalized spacial score (nSPS) is 12.7. The number of fused-ring (bicyclic) bond motifs is 1. The zero-order valence-corrected chi connectivity index (χ0v) is 13.5. The molecule has 0 bridgehead atoms. The quantitative estimate of drug-likeness (QED) is 0.787. The molecule has 1 atom stereocenters. The van der Waals surface area contributed by atoms with Gasteiger partial charge in [-0.3, -0.25) is 9.67 Å². The van der Waals surface area contributed by atoms with Gasteiger partial charge in [0.25, 0.3) is 0 Å². The minimum absolute atomic E-state index is 0.187. The number of aromatic nitrogens is 3. The Morgan fingerprint density at radius 1 is 1.30 bits per heavy atom. The van der Waals surface area contributed by atoms with Crippen LogP contribution in [-0.4, -0.2) is 40.3 Å². The van der Waals surface area contributed by atoms with Crippen molar-refractivity contribution in [1.29, 1.82) is 0 Å². The summed E-state index contributed by atoms with van der Waals surface area (Å²) in [6.07, 6.45) is 5.59. The summed E-state index contributed by atoms with van der Waals surface area (Å²) < 4.78 is 15.1. The Morgan fingerprint density at radius 2 is 2.13 bits per heavy atom. The molecule has 120 valence electrons. The van der Waals surface area contributed by atoms with Crippen LogP contribution in [0.2, 0.25) is 0 Å². The van der Waals surface area contributed by atoms with Gasteiger partial charge in [-0.25, -0.2) is 4.39 Å². The van der Waals surface area contributed by atoms with E-state index in [1.54, 1.807) is 16.9 Å². The van der Waals surface area contributed by atoms with E-state index < -0.39 is 0 Å². The Labute approximate surface area is 134 Å². The molecular weight excluding hydrogens is 293 g/mol. The number of aryl methyl sites for hydroxylation is 1. The van der Waals surface area contributed by atoms with E-state index in [1.807, 2.05) is 39.6 Å². The van der Waals surface area contributed by atoms with Gasteiger partial charge < -0.3 is 10.2 Å². The number of nitrogens with zero attached hydrogens (tertiary/aromatic N) is 4. The molecule has 0 radical (unpaired) electrons. The highest BCUT2D eigenvalue weighted by molar-refractivity contribution is 5.90. The average molecular weight is 313 g/mol. The van der Waals surface area contributed by atoms with Crippen molar-refractivity contribution < 1.29 is 4.39 Å². The van der Waals surface area contributed by atoms with Crippen LogP contribution in [0.1, 0.15) is 11.6 Å². The number of rotatable bonds is 5. The summed E-state index contributed by atoms with van der Waals surface area (Å²) in [6.45, 7) is 0.717. The standard InChI is InChI=1S/C17H20FN5/c1-22(2)17(12-9-21-23(3)11-12)10-20-15-6-7-19-16-8-13(18)4-5-14(15)16/h4-9,11,17H,10H2,1-3H3,(H,19,20). The molecule has 5 nitrogen and oxygen atoms in total. The molecule has 0 fully saturated rings. The van der Waals surface area contributed by atoms with Crippen molar-refractivity contribution in [3.05, 3.63) is 54.2 Å². The Kier molecular flexibility index (Phi) is 4.25. The second-order valence-corrected chi connectivity index (χ2v) is 5.83. The van der Waals surface area contributed by atoms with Gasteiger partial charge in [-0.15, -0.1) is 0 Å². The SMILES string of the molecule is CN(C)C(CNc1ccnc2cc(F)ccc12)c1cnn(C)c1. The van der Waals surface area contributed by atoms with E-state index in [-0.39, 0.29) is 11.9 Å². The fourth-order valence-corrected chi connectivity index (χ4v) is 2.69. The van der Waals surface area contributed by atoms with Gasteiger partial charge >= 0.3 is 0 Å². The Hall–Kier alpha value is -2.47. The van der Waals surface area contributed by atoms with Crippen LogP contribution in [-0.2, 0) is 7.05 Å². The monoisotopic (exact) mass is 313 g/mol. The second kappa shape index (κ2) is 6.34. The number of benzene rings is 1. The van der Waals surface area contributed by atoms with Crippen molar-refractivity contribution in [2.24, 2.45) is 7.05 Å². The molecule has 0 aliphatic rings. The molecular formula is C17H20FN5.